The maximum Gasteiger partial charge on any atom is 0.244 e. The Morgan fingerprint density at radius 2 is 1.95 bits per heavy atom. The Hall–Kier alpha value is -1.52. The largest absolute Gasteiger partial charge is 0.476 e. The van der Waals surface area contributed by atoms with Gasteiger partial charge in [0.25, 0.3) is 0 Å². The van der Waals surface area contributed by atoms with Crippen LogP contribution in [0.1, 0.15) is 46.0 Å². The zero-order chi connectivity index (χ0) is 13.7. The van der Waals surface area contributed by atoms with Gasteiger partial charge in [-0.15, -0.1) is 0 Å². The second-order valence-electron chi connectivity index (χ2n) is 4.94. The Labute approximate surface area is 114 Å². The number of nitrogen functional groups attached to an aromatic ring is 1. The smallest absolute Gasteiger partial charge is 0.244 e. The van der Waals surface area contributed by atoms with Gasteiger partial charge < -0.3 is 15.2 Å². The predicted octanol–water partition coefficient (Wildman–Crippen LogP) is 2.81. The zero-order valence-corrected chi connectivity index (χ0v) is 11.8. The summed E-state index contributed by atoms with van der Waals surface area (Å²) >= 11 is 0. The molecule has 2 rings (SSSR count). The molecule has 0 aromatic carbocycles. The van der Waals surface area contributed by atoms with Crippen molar-refractivity contribution in [2.45, 2.75) is 52.1 Å². The molecule has 1 heterocycles. The maximum absolute atomic E-state index is 6.02. The zero-order valence-electron chi connectivity index (χ0n) is 11.8. The summed E-state index contributed by atoms with van der Waals surface area (Å²) in [4.78, 5) is 8.17. The summed E-state index contributed by atoms with van der Waals surface area (Å²) in [5.41, 5.74) is 6.41. The van der Waals surface area contributed by atoms with E-state index in [1.165, 1.54) is 25.6 Å². The van der Waals surface area contributed by atoms with E-state index in [-0.39, 0.29) is 6.10 Å². The lowest BCUT2D eigenvalue weighted by Gasteiger charge is -2.31. The molecule has 2 atom stereocenters. The fraction of sp³-hybridized carbons (Fsp3) is 0.714. The average Bonchev–Trinajstić information content (AvgIpc) is 2.44. The molecule has 1 aliphatic carbocycles. The van der Waals surface area contributed by atoms with Crippen LogP contribution in [0.5, 0.6) is 11.8 Å². The number of anilines is 1. The van der Waals surface area contributed by atoms with E-state index < -0.39 is 0 Å². The van der Waals surface area contributed by atoms with Crippen LogP contribution in [0, 0.1) is 5.92 Å². The number of hydrogen-bond acceptors (Lipinski definition) is 5. The van der Waals surface area contributed by atoms with Crippen molar-refractivity contribution in [2.75, 3.05) is 12.3 Å². The van der Waals surface area contributed by atoms with Gasteiger partial charge in [-0.3, -0.25) is 0 Å². The summed E-state index contributed by atoms with van der Waals surface area (Å²) in [6, 6.07) is 0. The van der Waals surface area contributed by atoms with E-state index in [0.717, 1.165) is 12.8 Å². The second-order valence-corrected chi connectivity index (χ2v) is 4.94. The molecular formula is C14H23N3O2. The molecule has 5 nitrogen and oxygen atoms in total. The molecule has 2 N–H and O–H groups in total. The third-order valence-electron chi connectivity index (χ3n) is 3.72. The van der Waals surface area contributed by atoms with Crippen LogP contribution in [-0.2, 0) is 0 Å². The Balaban J connectivity index is 2.11. The maximum atomic E-state index is 6.02. The molecule has 1 aliphatic rings. The Morgan fingerprint density at radius 3 is 2.68 bits per heavy atom. The van der Waals surface area contributed by atoms with Crippen LogP contribution < -0.4 is 15.2 Å². The minimum atomic E-state index is 0.213. The van der Waals surface area contributed by atoms with Crippen molar-refractivity contribution in [3.63, 3.8) is 0 Å². The number of aromatic nitrogens is 2. The van der Waals surface area contributed by atoms with Gasteiger partial charge in [-0.05, 0) is 38.5 Å². The highest BCUT2D eigenvalue weighted by molar-refractivity contribution is 5.55. The molecule has 1 fully saturated rings. The van der Waals surface area contributed by atoms with Crippen molar-refractivity contribution in [2.24, 2.45) is 5.92 Å². The highest BCUT2D eigenvalue weighted by atomic mass is 16.5. The van der Waals surface area contributed by atoms with Gasteiger partial charge >= 0.3 is 0 Å². The summed E-state index contributed by atoms with van der Waals surface area (Å²) in [5.74, 6) is 1.47. The van der Waals surface area contributed by atoms with Crippen LogP contribution in [0.2, 0.25) is 0 Å². The Morgan fingerprint density at radius 1 is 1.21 bits per heavy atom. The summed E-state index contributed by atoms with van der Waals surface area (Å²) < 4.78 is 11.4. The normalized spacial score (nSPS) is 23.1. The lowest BCUT2D eigenvalue weighted by molar-refractivity contribution is 0.0861. The third kappa shape index (κ3) is 3.28. The lowest BCUT2D eigenvalue weighted by atomic mass is 9.85. The first kappa shape index (κ1) is 13.9. The molecule has 5 heteroatoms. The van der Waals surface area contributed by atoms with E-state index in [1.54, 1.807) is 0 Å². The Kier molecular flexibility index (Phi) is 4.82. The average molecular weight is 265 g/mol. The summed E-state index contributed by atoms with van der Waals surface area (Å²) in [6.45, 7) is 4.64. The van der Waals surface area contributed by atoms with Gasteiger partial charge in [-0.2, -0.15) is 9.97 Å². The first-order valence-electron chi connectivity index (χ1n) is 7.16. The van der Waals surface area contributed by atoms with Crippen molar-refractivity contribution in [1.82, 2.24) is 9.97 Å². The van der Waals surface area contributed by atoms with Gasteiger partial charge in [-0.1, -0.05) is 13.3 Å². The molecule has 0 radical (unpaired) electrons. The van der Waals surface area contributed by atoms with Crippen LogP contribution in [0.4, 0.5) is 5.69 Å². The van der Waals surface area contributed by atoms with Gasteiger partial charge in [0.1, 0.15) is 12.4 Å². The third-order valence-corrected chi connectivity index (χ3v) is 3.72. The fourth-order valence-corrected chi connectivity index (χ4v) is 2.65. The summed E-state index contributed by atoms with van der Waals surface area (Å²) in [6.07, 6.45) is 7.60. The first-order chi connectivity index (χ1) is 9.26. The number of nitrogens with two attached hydrogens (primary N) is 1. The monoisotopic (exact) mass is 265 g/mol. The van der Waals surface area contributed by atoms with Crippen molar-refractivity contribution < 1.29 is 9.47 Å². The summed E-state index contributed by atoms with van der Waals surface area (Å²) in [7, 11) is 0. The molecule has 0 amide bonds. The molecule has 1 aromatic rings. The van der Waals surface area contributed by atoms with Gasteiger partial charge in [-0.25, -0.2) is 0 Å². The van der Waals surface area contributed by atoms with E-state index in [4.69, 9.17) is 15.2 Å². The highest BCUT2D eigenvalue weighted by Crippen LogP contribution is 2.33. The van der Waals surface area contributed by atoms with Crippen LogP contribution in [0.25, 0.3) is 0 Å². The van der Waals surface area contributed by atoms with Crippen LogP contribution in [0.3, 0.4) is 0 Å². The van der Waals surface area contributed by atoms with Gasteiger partial charge in [0.15, 0.2) is 5.69 Å². The molecule has 0 aliphatic heterocycles. The van der Waals surface area contributed by atoms with E-state index >= 15 is 0 Å². The van der Waals surface area contributed by atoms with E-state index in [9.17, 15) is 0 Å². The minimum absolute atomic E-state index is 0.213. The molecule has 0 spiro atoms. The van der Waals surface area contributed by atoms with Crippen LogP contribution in [0.15, 0.2) is 6.33 Å². The quantitative estimate of drug-likeness (QED) is 0.886. The lowest BCUT2D eigenvalue weighted by Crippen LogP contribution is -2.30. The molecule has 1 aromatic heterocycles. The van der Waals surface area contributed by atoms with E-state index in [2.05, 4.69) is 16.9 Å². The van der Waals surface area contributed by atoms with Gasteiger partial charge in [0.05, 0.1) is 6.61 Å². The van der Waals surface area contributed by atoms with Crippen LogP contribution in [-0.4, -0.2) is 22.7 Å². The first-order valence-corrected chi connectivity index (χ1v) is 7.16. The predicted molar refractivity (Wildman–Crippen MR) is 74.3 cm³/mol. The van der Waals surface area contributed by atoms with E-state index in [0.29, 0.717) is 30.0 Å². The standard InChI is InChI=1S/C14H23N3O2/c1-3-10-7-5-6-8-11(10)19-14-12(15)13(18-4-2)16-9-17-14/h9-11H,3-8,15H2,1-2H3. The number of nitrogens with zero attached hydrogens (tertiary/aromatic N) is 2. The Bertz CT molecular complexity index is 412. The molecule has 0 bridgehead atoms. The van der Waals surface area contributed by atoms with E-state index in [1.807, 2.05) is 6.92 Å². The minimum Gasteiger partial charge on any atom is -0.476 e. The summed E-state index contributed by atoms with van der Waals surface area (Å²) in [5, 5.41) is 0. The topological polar surface area (TPSA) is 70.3 Å². The molecular weight excluding hydrogens is 242 g/mol. The fourth-order valence-electron chi connectivity index (χ4n) is 2.65. The number of hydrogen-bond donors (Lipinski definition) is 1. The molecule has 0 saturated heterocycles. The molecule has 2 unspecified atom stereocenters. The van der Waals surface area contributed by atoms with Crippen molar-refractivity contribution in [1.29, 1.82) is 0 Å². The molecule has 106 valence electrons. The number of ether oxygens (including phenoxy) is 2. The molecule has 19 heavy (non-hydrogen) atoms. The highest BCUT2D eigenvalue weighted by Gasteiger charge is 2.26. The number of rotatable bonds is 5. The van der Waals surface area contributed by atoms with Gasteiger partial charge in [0, 0.05) is 0 Å². The van der Waals surface area contributed by atoms with Gasteiger partial charge in [0.2, 0.25) is 11.8 Å². The van der Waals surface area contributed by atoms with Crippen molar-refractivity contribution in [3.8, 4) is 11.8 Å². The molecule has 1 saturated carbocycles. The van der Waals surface area contributed by atoms with Crippen LogP contribution >= 0.6 is 0 Å². The second kappa shape index (κ2) is 6.59. The van der Waals surface area contributed by atoms with Crippen molar-refractivity contribution >= 4 is 5.69 Å². The van der Waals surface area contributed by atoms with Crippen molar-refractivity contribution in [3.05, 3.63) is 6.33 Å². The SMILES string of the molecule is CCOc1ncnc(OC2CCCCC2CC)c1N.